The van der Waals surface area contributed by atoms with Gasteiger partial charge in [0.1, 0.15) is 0 Å². The molecule has 2 N–H and O–H groups in total. The number of aromatic nitrogens is 1. The smallest absolute Gasteiger partial charge is 0.255 e. The van der Waals surface area contributed by atoms with Gasteiger partial charge in [0.2, 0.25) is 0 Å². The molecule has 1 fully saturated rings. The van der Waals surface area contributed by atoms with Gasteiger partial charge in [-0.25, -0.2) is 0 Å². The normalized spacial score (nSPS) is 15.1. The number of unbranched alkanes of at least 4 members (excludes halogenated alkanes) is 2. The van der Waals surface area contributed by atoms with E-state index >= 15 is 0 Å². The summed E-state index contributed by atoms with van der Waals surface area (Å²) < 4.78 is 0. The van der Waals surface area contributed by atoms with Crippen LogP contribution in [0.1, 0.15) is 66.4 Å². The van der Waals surface area contributed by atoms with Crippen LogP contribution in [0, 0.1) is 11.3 Å². The van der Waals surface area contributed by atoms with Gasteiger partial charge >= 0.3 is 0 Å². The van der Waals surface area contributed by atoms with Gasteiger partial charge in [-0.2, -0.15) is 5.26 Å². The summed E-state index contributed by atoms with van der Waals surface area (Å²) in [5.74, 6) is 0.350. The summed E-state index contributed by atoms with van der Waals surface area (Å²) in [4.78, 5) is 18.7. The highest BCUT2D eigenvalue weighted by Gasteiger charge is 2.22. The molecule has 0 bridgehead atoms. The molecule has 0 aliphatic carbocycles. The summed E-state index contributed by atoms with van der Waals surface area (Å²) >= 11 is 0. The minimum absolute atomic E-state index is 0.200. The number of aromatic amines is 1. The molecule has 0 saturated carbocycles. The van der Waals surface area contributed by atoms with Gasteiger partial charge in [-0.3, -0.25) is 4.79 Å². The Labute approximate surface area is 184 Å². The van der Waals surface area contributed by atoms with Crippen LogP contribution in [0.25, 0.3) is 10.9 Å². The number of anilines is 1. The average molecular weight is 415 g/mol. The van der Waals surface area contributed by atoms with Gasteiger partial charge in [0.15, 0.2) is 0 Å². The predicted octanol–water partition coefficient (Wildman–Crippen LogP) is 5.66. The summed E-state index contributed by atoms with van der Waals surface area (Å²) in [6, 6.07) is 14.9. The molecule has 5 heteroatoms. The van der Waals surface area contributed by atoms with Crippen LogP contribution in [-0.2, 0) is 0 Å². The minimum atomic E-state index is -0.200. The molecular weight excluding hydrogens is 384 g/mol. The first kappa shape index (κ1) is 21.1. The molecular formula is C26H30N4O. The average Bonchev–Trinajstić information content (AvgIpc) is 3.23. The Morgan fingerprint density at radius 1 is 1.19 bits per heavy atom. The molecule has 1 aliphatic rings. The maximum Gasteiger partial charge on any atom is 0.255 e. The SMILES string of the molecule is CCCCCN1CCC(c2c[nH]c3ccc(NC(=O)c4cccc(C#N)c4)cc23)CC1. The van der Waals surface area contributed by atoms with Gasteiger partial charge in [-0.1, -0.05) is 25.8 Å². The summed E-state index contributed by atoms with van der Waals surface area (Å²) in [6.07, 6.45) is 8.39. The van der Waals surface area contributed by atoms with Crippen LogP contribution in [0.2, 0.25) is 0 Å². The maximum atomic E-state index is 12.7. The lowest BCUT2D eigenvalue weighted by Gasteiger charge is -2.32. The van der Waals surface area contributed by atoms with Crippen molar-refractivity contribution in [1.82, 2.24) is 9.88 Å². The Kier molecular flexibility index (Phi) is 6.69. The number of carbonyl (C=O) groups is 1. The first-order chi connectivity index (χ1) is 15.2. The van der Waals surface area contributed by atoms with Crippen molar-refractivity contribution in [2.24, 2.45) is 0 Å². The van der Waals surface area contributed by atoms with E-state index in [1.165, 1.54) is 49.6 Å². The molecule has 160 valence electrons. The number of rotatable bonds is 7. The number of carbonyl (C=O) groups excluding carboxylic acids is 1. The number of hydrogen-bond donors (Lipinski definition) is 2. The van der Waals surface area contributed by atoms with E-state index in [1.54, 1.807) is 24.3 Å². The number of H-pyrrole nitrogens is 1. The van der Waals surface area contributed by atoms with Crippen LogP contribution in [0.3, 0.4) is 0 Å². The zero-order chi connectivity index (χ0) is 21.6. The summed E-state index contributed by atoms with van der Waals surface area (Å²) in [5, 5.41) is 13.2. The third-order valence-electron chi connectivity index (χ3n) is 6.33. The van der Waals surface area contributed by atoms with Gasteiger partial charge in [0.25, 0.3) is 5.91 Å². The fraction of sp³-hybridized carbons (Fsp3) is 0.385. The number of amides is 1. The van der Waals surface area contributed by atoms with Crippen molar-refractivity contribution < 1.29 is 4.79 Å². The molecule has 4 rings (SSSR count). The monoisotopic (exact) mass is 414 g/mol. The van der Waals surface area contributed by atoms with Crippen LogP contribution in [0.5, 0.6) is 0 Å². The second-order valence-corrected chi connectivity index (χ2v) is 8.47. The van der Waals surface area contributed by atoms with Crippen molar-refractivity contribution in [3.63, 3.8) is 0 Å². The van der Waals surface area contributed by atoms with E-state index in [1.807, 2.05) is 12.1 Å². The van der Waals surface area contributed by atoms with Crippen LogP contribution in [-0.4, -0.2) is 35.4 Å². The number of nitrogens with one attached hydrogen (secondary N) is 2. The number of hydrogen-bond acceptors (Lipinski definition) is 3. The molecule has 0 spiro atoms. The van der Waals surface area contributed by atoms with E-state index in [9.17, 15) is 4.79 Å². The van der Waals surface area contributed by atoms with Crippen molar-refractivity contribution in [2.45, 2.75) is 44.9 Å². The highest BCUT2D eigenvalue weighted by atomic mass is 16.1. The van der Waals surface area contributed by atoms with E-state index in [2.05, 4.69) is 40.5 Å². The van der Waals surface area contributed by atoms with E-state index < -0.39 is 0 Å². The molecule has 3 aromatic rings. The summed E-state index contributed by atoms with van der Waals surface area (Å²) in [6.45, 7) is 5.79. The quantitative estimate of drug-likeness (QED) is 0.490. The molecule has 31 heavy (non-hydrogen) atoms. The lowest BCUT2D eigenvalue weighted by Crippen LogP contribution is -2.33. The molecule has 5 nitrogen and oxygen atoms in total. The molecule has 0 atom stereocenters. The minimum Gasteiger partial charge on any atom is -0.361 e. The van der Waals surface area contributed by atoms with Crippen LogP contribution in [0.4, 0.5) is 5.69 Å². The fourth-order valence-corrected chi connectivity index (χ4v) is 4.54. The van der Waals surface area contributed by atoms with E-state index in [0.717, 1.165) is 24.3 Å². The molecule has 2 aromatic carbocycles. The highest BCUT2D eigenvalue weighted by molar-refractivity contribution is 6.05. The molecule has 2 heterocycles. The first-order valence-electron chi connectivity index (χ1n) is 11.3. The van der Waals surface area contributed by atoms with Crippen molar-refractivity contribution in [2.75, 3.05) is 25.0 Å². The van der Waals surface area contributed by atoms with E-state index in [4.69, 9.17) is 5.26 Å². The van der Waals surface area contributed by atoms with Crippen molar-refractivity contribution in [3.05, 3.63) is 65.4 Å². The van der Waals surface area contributed by atoms with Gasteiger partial charge in [-0.15, -0.1) is 0 Å². The second-order valence-electron chi connectivity index (χ2n) is 8.47. The summed E-state index contributed by atoms with van der Waals surface area (Å²) in [5.41, 5.74) is 4.20. The van der Waals surface area contributed by atoms with Crippen molar-refractivity contribution >= 4 is 22.5 Å². The van der Waals surface area contributed by atoms with Gasteiger partial charge in [-0.05, 0) is 86.8 Å². The topological polar surface area (TPSA) is 71.9 Å². The number of likely N-dealkylation sites (tertiary alicyclic amines) is 1. The number of fused-ring (bicyclic) bond motifs is 1. The Hall–Kier alpha value is -3.10. The standard InChI is InChI=1S/C26H30N4O/c1-2-3-4-12-30-13-10-20(11-14-30)24-18-28-25-9-8-22(16-23(24)25)29-26(31)21-7-5-6-19(15-21)17-27/h5-9,15-16,18,20,28H,2-4,10-14H2,1H3,(H,29,31). The van der Waals surface area contributed by atoms with Gasteiger partial charge in [0.05, 0.1) is 11.6 Å². The molecule has 1 aromatic heterocycles. The Morgan fingerprint density at radius 3 is 2.81 bits per heavy atom. The molecule has 0 radical (unpaired) electrons. The first-order valence-corrected chi connectivity index (χ1v) is 11.3. The number of nitrogens with zero attached hydrogens (tertiary/aromatic N) is 2. The highest BCUT2D eigenvalue weighted by Crippen LogP contribution is 2.34. The van der Waals surface area contributed by atoms with E-state index in [0.29, 0.717) is 17.0 Å². The van der Waals surface area contributed by atoms with E-state index in [-0.39, 0.29) is 5.91 Å². The van der Waals surface area contributed by atoms with Crippen molar-refractivity contribution in [3.8, 4) is 6.07 Å². The fourth-order valence-electron chi connectivity index (χ4n) is 4.54. The summed E-state index contributed by atoms with van der Waals surface area (Å²) in [7, 11) is 0. The van der Waals surface area contributed by atoms with Crippen LogP contribution >= 0.6 is 0 Å². The molecule has 1 amide bonds. The van der Waals surface area contributed by atoms with Gasteiger partial charge < -0.3 is 15.2 Å². The largest absolute Gasteiger partial charge is 0.361 e. The van der Waals surface area contributed by atoms with Crippen LogP contribution in [0.15, 0.2) is 48.7 Å². The zero-order valence-electron chi connectivity index (χ0n) is 18.2. The second kappa shape index (κ2) is 9.80. The third kappa shape index (κ3) is 4.98. The number of benzene rings is 2. The zero-order valence-corrected chi connectivity index (χ0v) is 18.2. The third-order valence-corrected chi connectivity index (χ3v) is 6.33. The van der Waals surface area contributed by atoms with Crippen LogP contribution < -0.4 is 5.32 Å². The Morgan fingerprint density at radius 2 is 2.03 bits per heavy atom. The lowest BCUT2D eigenvalue weighted by molar-refractivity contribution is 0.102. The molecule has 1 saturated heterocycles. The lowest BCUT2D eigenvalue weighted by atomic mass is 9.89. The van der Waals surface area contributed by atoms with Gasteiger partial charge in [0, 0.05) is 28.4 Å². The Bertz CT molecular complexity index is 1090. The molecule has 1 aliphatic heterocycles. The maximum absolute atomic E-state index is 12.7. The van der Waals surface area contributed by atoms with Crippen molar-refractivity contribution in [1.29, 1.82) is 5.26 Å². The Balaban J connectivity index is 1.46. The number of piperidine rings is 1. The molecule has 0 unspecified atom stereocenters. The number of nitriles is 1. The predicted molar refractivity (Wildman–Crippen MR) is 125 cm³/mol.